The molecule has 3 aromatic heterocycles. The van der Waals surface area contributed by atoms with Crippen molar-refractivity contribution in [2.24, 2.45) is 0 Å². The predicted octanol–water partition coefficient (Wildman–Crippen LogP) is 3.49. The number of benzene rings is 1. The van der Waals surface area contributed by atoms with Crippen molar-refractivity contribution in [1.29, 1.82) is 0 Å². The number of nitrogens with one attached hydrogen (secondary N) is 2. The van der Waals surface area contributed by atoms with Gasteiger partial charge in [0.25, 0.3) is 10.0 Å². The number of hydrogen-bond acceptors (Lipinski definition) is 5. The molecule has 0 saturated carbocycles. The highest BCUT2D eigenvalue weighted by Gasteiger charge is 2.19. The fourth-order valence-electron chi connectivity index (χ4n) is 2.51. The normalized spacial score (nSPS) is 11.2. The highest BCUT2D eigenvalue weighted by molar-refractivity contribution is 7.92. The number of pyridine rings is 2. The Morgan fingerprint density at radius 2 is 1.87 bits per heavy atom. The first kappa shape index (κ1) is 19.8. The van der Waals surface area contributed by atoms with Gasteiger partial charge in [0.2, 0.25) is 0 Å². The molecule has 0 fully saturated rings. The largest absolute Gasteiger partial charge is 0.277 e. The van der Waals surface area contributed by atoms with E-state index >= 15 is 0 Å². The molecule has 4 aromatic rings. The van der Waals surface area contributed by atoms with Crippen molar-refractivity contribution in [3.8, 4) is 11.8 Å². The van der Waals surface area contributed by atoms with Crippen LogP contribution in [0.25, 0.3) is 11.0 Å². The molecule has 11 heteroatoms. The summed E-state index contributed by atoms with van der Waals surface area (Å²) < 4.78 is 55.9. The van der Waals surface area contributed by atoms with Crippen molar-refractivity contribution in [2.75, 3.05) is 4.72 Å². The van der Waals surface area contributed by atoms with Gasteiger partial charge in [0.15, 0.2) is 11.5 Å². The van der Waals surface area contributed by atoms with E-state index in [4.69, 9.17) is 11.6 Å². The standard InChI is InChI=1S/C19H10ClF2N5O2S/c20-17-6-2-13(10-23-17)30(28,29)27-16-5-4-15(21)14(18(16)22)3-1-11-7-12-9-25-26-19(12)24-8-11/h2,4-10,27H,(H,24,25,26). The van der Waals surface area contributed by atoms with Crippen molar-refractivity contribution < 1.29 is 17.2 Å². The fourth-order valence-corrected chi connectivity index (χ4v) is 3.63. The zero-order valence-corrected chi connectivity index (χ0v) is 16.4. The van der Waals surface area contributed by atoms with E-state index < -0.39 is 32.9 Å². The predicted molar refractivity (Wildman–Crippen MR) is 106 cm³/mol. The zero-order valence-electron chi connectivity index (χ0n) is 14.8. The lowest BCUT2D eigenvalue weighted by Gasteiger charge is -2.10. The summed E-state index contributed by atoms with van der Waals surface area (Å²) in [6.45, 7) is 0. The molecule has 0 saturated heterocycles. The third kappa shape index (κ3) is 3.94. The molecule has 150 valence electrons. The summed E-state index contributed by atoms with van der Waals surface area (Å²) in [5, 5.41) is 7.29. The minimum Gasteiger partial charge on any atom is -0.277 e. The average Bonchev–Trinajstić information content (AvgIpc) is 3.18. The highest BCUT2D eigenvalue weighted by atomic mass is 35.5. The number of nitrogens with zero attached hydrogens (tertiary/aromatic N) is 3. The van der Waals surface area contributed by atoms with Gasteiger partial charge >= 0.3 is 0 Å². The second-order valence-corrected chi connectivity index (χ2v) is 8.06. The molecule has 0 bridgehead atoms. The number of sulfonamides is 1. The van der Waals surface area contributed by atoms with Crippen molar-refractivity contribution in [3.05, 3.63) is 76.8 Å². The van der Waals surface area contributed by atoms with Crippen molar-refractivity contribution in [3.63, 3.8) is 0 Å². The Labute approximate surface area is 174 Å². The van der Waals surface area contributed by atoms with Gasteiger partial charge in [0, 0.05) is 23.3 Å². The average molecular weight is 446 g/mol. The summed E-state index contributed by atoms with van der Waals surface area (Å²) in [6.07, 6.45) is 3.98. The minimum absolute atomic E-state index is 0.0996. The molecule has 1 aromatic carbocycles. The van der Waals surface area contributed by atoms with Crippen molar-refractivity contribution in [2.45, 2.75) is 4.90 Å². The number of halogens is 3. The molecule has 3 heterocycles. The van der Waals surface area contributed by atoms with Crippen LogP contribution in [-0.4, -0.2) is 28.6 Å². The Hall–Kier alpha value is -3.55. The van der Waals surface area contributed by atoms with E-state index in [0.29, 0.717) is 16.6 Å². The van der Waals surface area contributed by atoms with E-state index in [0.717, 1.165) is 18.3 Å². The minimum atomic E-state index is -4.17. The zero-order chi connectivity index (χ0) is 21.3. The molecular weight excluding hydrogens is 436 g/mol. The van der Waals surface area contributed by atoms with E-state index in [2.05, 4.69) is 36.7 Å². The molecule has 0 atom stereocenters. The van der Waals surface area contributed by atoms with Gasteiger partial charge in [-0.05, 0) is 30.3 Å². The van der Waals surface area contributed by atoms with E-state index in [1.807, 2.05) is 0 Å². The van der Waals surface area contributed by atoms with Gasteiger partial charge in [0.05, 0.1) is 17.4 Å². The quantitative estimate of drug-likeness (QED) is 0.371. The van der Waals surface area contributed by atoms with Crippen LogP contribution in [0.15, 0.2) is 53.8 Å². The molecular formula is C19H10ClF2N5O2S. The van der Waals surface area contributed by atoms with E-state index in [9.17, 15) is 17.2 Å². The second-order valence-electron chi connectivity index (χ2n) is 5.99. The number of anilines is 1. The van der Waals surface area contributed by atoms with Crippen LogP contribution in [0.1, 0.15) is 11.1 Å². The second kappa shape index (κ2) is 7.70. The maximum Gasteiger partial charge on any atom is 0.263 e. The first-order valence-corrected chi connectivity index (χ1v) is 10.1. The van der Waals surface area contributed by atoms with Crippen LogP contribution < -0.4 is 4.72 Å². The van der Waals surface area contributed by atoms with E-state index in [1.165, 1.54) is 24.5 Å². The Morgan fingerprint density at radius 1 is 1.03 bits per heavy atom. The number of fused-ring (bicyclic) bond motifs is 1. The number of rotatable bonds is 3. The van der Waals surface area contributed by atoms with Crippen LogP contribution in [0.3, 0.4) is 0 Å². The number of aromatic amines is 1. The summed E-state index contributed by atoms with van der Waals surface area (Å²) in [5.74, 6) is 2.92. The fraction of sp³-hybridized carbons (Fsp3) is 0. The number of H-pyrrole nitrogens is 1. The summed E-state index contributed by atoms with van der Waals surface area (Å²) in [7, 11) is -4.17. The Balaban J connectivity index is 1.68. The molecule has 7 nitrogen and oxygen atoms in total. The summed E-state index contributed by atoms with van der Waals surface area (Å²) in [5.41, 5.74) is -0.0947. The Bertz CT molecular complexity index is 1430. The van der Waals surface area contributed by atoms with Gasteiger partial charge in [-0.3, -0.25) is 9.82 Å². The lowest BCUT2D eigenvalue weighted by molar-refractivity contribution is 0.578. The molecule has 0 unspecified atom stereocenters. The van der Waals surface area contributed by atoms with E-state index in [1.54, 1.807) is 6.07 Å². The molecule has 0 aliphatic carbocycles. The van der Waals surface area contributed by atoms with Gasteiger partial charge in [0.1, 0.15) is 15.9 Å². The smallest absolute Gasteiger partial charge is 0.263 e. The van der Waals surface area contributed by atoms with Gasteiger partial charge in [-0.25, -0.2) is 27.2 Å². The number of hydrogen-bond donors (Lipinski definition) is 2. The van der Waals surface area contributed by atoms with Crippen LogP contribution in [0.2, 0.25) is 5.15 Å². The van der Waals surface area contributed by atoms with Gasteiger partial charge in [-0.15, -0.1) is 0 Å². The molecule has 4 rings (SSSR count). The molecule has 0 amide bonds. The summed E-state index contributed by atoms with van der Waals surface area (Å²) in [6, 6.07) is 6.02. The maximum atomic E-state index is 14.8. The van der Waals surface area contributed by atoms with Crippen molar-refractivity contribution in [1.82, 2.24) is 20.2 Å². The topological polar surface area (TPSA) is 101 Å². The van der Waals surface area contributed by atoms with Crippen LogP contribution in [0.5, 0.6) is 0 Å². The van der Waals surface area contributed by atoms with Gasteiger partial charge in [-0.2, -0.15) is 5.10 Å². The summed E-state index contributed by atoms with van der Waals surface area (Å²) >= 11 is 5.64. The molecule has 2 N–H and O–H groups in total. The monoisotopic (exact) mass is 445 g/mol. The lowest BCUT2D eigenvalue weighted by atomic mass is 10.1. The van der Waals surface area contributed by atoms with Crippen LogP contribution in [0, 0.1) is 23.5 Å². The highest BCUT2D eigenvalue weighted by Crippen LogP contribution is 2.24. The maximum absolute atomic E-state index is 14.8. The summed E-state index contributed by atoms with van der Waals surface area (Å²) in [4.78, 5) is 7.53. The van der Waals surface area contributed by atoms with Crippen LogP contribution in [0.4, 0.5) is 14.5 Å². The third-order valence-electron chi connectivity index (χ3n) is 3.97. The molecule has 0 spiro atoms. The molecule has 0 aliphatic heterocycles. The van der Waals surface area contributed by atoms with Gasteiger partial charge < -0.3 is 0 Å². The van der Waals surface area contributed by atoms with Crippen molar-refractivity contribution >= 4 is 38.3 Å². The lowest BCUT2D eigenvalue weighted by Crippen LogP contribution is -2.15. The van der Waals surface area contributed by atoms with Gasteiger partial charge in [-0.1, -0.05) is 23.4 Å². The SMILES string of the molecule is O=S(=O)(Nc1ccc(F)c(C#Cc2cnc3[nH]ncc3c2)c1F)c1ccc(Cl)nc1. The molecule has 0 aliphatic rings. The first-order valence-electron chi connectivity index (χ1n) is 8.27. The third-order valence-corrected chi connectivity index (χ3v) is 5.54. The molecule has 30 heavy (non-hydrogen) atoms. The van der Waals surface area contributed by atoms with Crippen LogP contribution >= 0.6 is 11.6 Å². The Morgan fingerprint density at radius 3 is 2.63 bits per heavy atom. The van der Waals surface area contributed by atoms with E-state index in [-0.39, 0.29) is 10.0 Å². The Kier molecular flexibility index (Phi) is 5.07. The van der Waals surface area contributed by atoms with Crippen LogP contribution in [-0.2, 0) is 10.0 Å². The number of aromatic nitrogens is 4. The first-order chi connectivity index (χ1) is 14.3. The molecule has 0 radical (unpaired) electrons.